The van der Waals surface area contributed by atoms with Crippen molar-refractivity contribution in [1.82, 2.24) is 14.7 Å². The van der Waals surface area contributed by atoms with Gasteiger partial charge in [0, 0.05) is 32.3 Å². The second-order valence-corrected chi connectivity index (χ2v) is 5.28. The topological polar surface area (TPSA) is 75.4 Å². The second-order valence-electron chi connectivity index (χ2n) is 5.28. The number of nitrogens with zero attached hydrogens (tertiary/aromatic N) is 3. The number of hydrogen-bond acceptors (Lipinski definition) is 3. The van der Waals surface area contributed by atoms with E-state index in [0.29, 0.717) is 24.4 Å². The van der Waals surface area contributed by atoms with Gasteiger partial charge in [0.1, 0.15) is 0 Å². The van der Waals surface area contributed by atoms with Gasteiger partial charge in [-0.1, -0.05) is 0 Å². The molecule has 1 atom stereocenters. The summed E-state index contributed by atoms with van der Waals surface area (Å²) in [4.78, 5) is 24.8. The maximum absolute atomic E-state index is 12.4. The molecule has 1 amide bonds. The lowest BCUT2D eigenvalue weighted by Crippen LogP contribution is -2.40. The molecular formula is C14H21N3O3. The van der Waals surface area contributed by atoms with Crippen molar-refractivity contribution >= 4 is 11.9 Å². The van der Waals surface area contributed by atoms with Gasteiger partial charge in [0.15, 0.2) is 0 Å². The van der Waals surface area contributed by atoms with Crippen LogP contribution in [0.4, 0.5) is 0 Å². The van der Waals surface area contributed by atoms with E-state index in [2.05, 4.69) is 5.10 Å². The molecule has 2 heterocycles. The minimum Gasteiger partial charge on any atom is -0.481 e. The number of carbonyl (C=O) groups excluding carboxylic acids is 1. The van der Waals surface area contributed by atoms with Crippen LogP contribution in [0.15, 0.2) is 12.4 Å². The molecule has 0 saturated carbocycles. The van der Waals surface area contributed by atoms with Crippen molar-refractivity contribution in [2.24, 2.45) is 5.92 Å². The summed E-state index contributed by atoms with van der Waals surface area (Å²) < 4.78 is 1.74. The van der Waals surface area contributed by atoms with E-state index < -0.39 is 5.97 Å². The Balaban J connectivity index is 1.94. The van der Waals surface area contributed by atoms with E-state index in [-0.39, 0.29) is 12.3 Å². The second kappa shape index (κ2) is 6.54. The molecule has 1 aromatic rings. The van der Waals surface area contributed by atoms with Crippen LogP contribution in [0.25, 0.3) is 0 Å². The molecule has 1 aromatic heterocycles. The summed E-state index contributed by atoms with van der Waals surface area (Å²) in [5.74, 6) is -0.465. The van der Waals surface area contributed by atoms with Crippen molar-refractivity contribution in [3.8, 4) is 0 Å². The van der Waals surface area contributed by atoms with Crippen LogP contribution in [0.5, 0.6) is 0 Å². The molecule has 1 aliphatic heterocycles. The first kappa shape index (κ1) is 14.6. The van der Waals surface area contributed by atoms with E-state index in [0.717, 1.165) is 25.9 Å². The fourth-order valence-corrected chi connectivity index (χ4v) is 2.64. The van der Waals surface area contributed by atoms with Gasteiger partial charge in [-0.2, -0.15) is 5.10 Å². The van der Waals surface area contributed by atoms with Crippen LogP contribution in [0, 0.1) is 5.92 Å². The Bertz CT molecular complexity index is 484. The van der Waals surface area contributed by atoms with Crippen LogP contribution in [0.2, 0.25) is 0 Å². The van der Waals surface area contributed by atoms with Crippen molar-refractivity contribution in [3.63, 3.8) is 0 Å². The number of aliphatic carboxylic acids is 1. The lowest BCUT2D eigenvalue weighted by molar-refractivity contribution is -0.137. The molecule has 110 valence electrons. The number of rotatable bonds is 5. The molecule has 1 saturated heterocycles. The van der Waals surface area contributed by atoms with Crippen LogP contribution < -0.4 is 0 Å². The first-order chi connectivity index (χ1) is 9.60. The van der Waals surface area contributed by atoms with Crippen LogP contribution in [0.1, 0.15) is 43.0 Å². The number of amides is 1. The Kier molecular flexibility index (Phi) is 4.76. The summed E-state index contributed by atoms with van der Waals surface area (Å²) in [6.45, 7) is 4.13. The van der Waals surface area contributed by atoms with E-state index in [4.69, 9.17) is 5.11 Å². The van der Waals surface area contributed by atoms with Crippen molar-refractivity contribution < 1.29 is 14.7 Å². The van der Waals surface area contributed by atoms with E-state index in [9.17, 15) is 9.59 Å². The quantitative estimate of drug-likeness (QED) is 0.888. The Morgan fingerprint density at radius 1 is 1.50 bits per heavy atom. The maximum atomic E-state index is 12.4. The minimum absolute atomic E-state index is 0.00438. The predicted octanol–water partition coefficient (Wildman–Crippen LogP) is 1.62. The number of carboxylic acids is 1. The summed E-state index contributed by atoms with van der Waals surface area (Å²) in [5, 5.41) is 12.9. The fourth-order valence-electron chi connectivity index (χ4n) is 2.64. The van der Waals surface area contributed by atoms with E-state index in [1.165, 1.54) is 0 Å². The van der Waals surface area contributed by atoms with Gasteiger partial charge in [-0.05, 0) is 32.1 Å². The molecular weight excluding hydrogens is 258 g/mol. The first-order valence-corrected chi connectivity index (χ1v) is 7.13. The zero-order valence-electron chi connectivity index (χ0n) is 11.8. The molecule has 6 heteroatoms. The smallest absolute Gasteiger partial charge is 0.303 e. The standard InChI is InChI=1S/C14H21N3O3/c1-2-17-10-12(8-15-17)14(20)16-7-3-4-11(9-16)5-6-13(18)19/h8,10-11H,2-7,9H2,1H3,(H,18,19). The van der Waals surface area contributed by atoms with Crippen molar-refractivity contribution in [2.45, 2.75) is 39.2 Å². The van der Waals surface area contributed by atoms with Crippen molar-refractivity contribution in [2.75, 3.05) is 13.1 Å². The highest BCUT2D eigenvalue weighted by atomic mass is 16.4. The Morgan fingerprint density at radius 3 is 2.95 bits per heavy atom. The molecule has 2 rings (SSSR count). The summed E-state index contributed by atoms with van der Waals surface area (Å²) in [5.41, 5.74) is 0.616. The lowest BCUT2D eigenvalue weighted by atomic mass is 9.93. The number of aromatic nitrogens is 2. The number of carbonyl (C=O) groups is 2. The molecule has 1 aliphatic rings. The Morgan fingerprint density at radius 2 is 2.30 bits per heavy atom. The summed E-state index contributed by atoms with van der Waals surface area (Å²) in [6.07, 6.45) is 6.15. The molecule has 0 radical (unpaired) electrons. The average Bonchev–Trinajstić information content (AvgIpc) is 2.93. The number of likely N-dealkylation sites (tertiary alicyclic amines) is 1. The number of aryl methyl sites for hydroxylation is 1. The SMILES string of the molecule is CCn1cc(C(=O)N2CCCC(CCC(=O)O)C2)cn1. The molecule has 1 unspecified atom stereocenters. The number of hydrogen-bond donors (Lipinski definition) is 1. The zero-order chi connectivity index (χ0) is 14.5. The summed E-state index contributed by atoms with van der Waals surface area (Å²) in [6, 6.07) is 0. The van der Waals surface area contributed by atoms with E-state index >= 15 is 0 Å². The highest BCUT2D eigenvalue weighted by Crippen LogP contribution is 2.22. The zero-order valence-corrected chi connectivity index (χ0v) is 11.8. The molecule has 1 N–H and O–H groups in total. The van der Waals surface area contributed by atoms with Gasteiger partial charge >= 0.3 is 5.97 Å². The minimum atomic E-state index is -0.766. The van der Waals surface area contributed by atoms with Gasteiger partial charge < -0.3 is 10.0 Å². The van der Waals surface area contributed by atoms with Crippen LogP contribution in [-0.4, -0.2) is 44.8 Å². The molecule has 0 spiro atoms. The maximum Gasteiger partial charge on any atom is 0.303 e. The predicted molar refractivity (Wildman–Crippen MR) is 73.4 cm³/mol. The summed E-state index contributed by atoms with van der Waals surface area (Å²) >= 11 is 0. The normalized spacial score (nSPS) is 19.1. The van der Waals surface area contributed by atoms with Crippen LogP contribution >= 0.6 is 0 Å². The van der Waals surface area contributed by atoms with Gasteiger partial charge in [-0.3, -0.25) is 14.3 Å². The van der Waals surface area contributed by atoms with Gasteiger partial charge in [-0.25, -0.2) is 0 Å². The highest BCUT2D eigenvalue weighted by molar-refractivity contribution is 5.93. The fraction of sp³-hybridized carbons (Fsp3) is 0.643. The third-order valence-corrected chi connectivity index (χ3v) is 3.78. The first-order valence-electron chi connectivity index (χ1n) is 7.13. The molecule has 0 aliphatic carbocycles. The molecule has 0 bridgehead atoms. The van der Waals surface area contributed by atoms with Gasteiger partial charge in [-0.15, -0.1) is 0 Å². The van der Waals surface area contributed by atoms with Gasteiger partial charge in [0.05, 0.1) is 11.8 Å². The largest absolute Gasteiger partial charge is 0.481 e. The Labute approximate surface area is 118 Å². The van der Waals surface area contributed by atoms with E-state index in [1.807, 2.05) is 11.8 Å². The molecule has 6 nitrogen and oxygen atoms in total. The molecule has 1 fully saturated rings. The number of carboxylic acid groups (broad SMARTS) is 1. The van der Waals surface area contributed by atoms with Gasteiger partial charge in [0.2, 0.25) is 0 Å². The third-order valence-electron chi connectivity index (χ3n) is 3.78. The van der Waals surface area contributed by atoms with Crippen molar-refractivity contribution in [1.29, 1.82) is 0 Å². The summed E-state index contributed by atoms with van der Waals surface area (Å²) in [7, 11) is 0. The van der Waals surface area contributed by atoms with Crippen molar-refractivity contribution in [3.05, 3.63) is 18.0 Å². The lowest BCUT2D eigenvalue weighted by Gasteiger charge is -2.32. The third kappa shape index (κ3) is 3.59. The monoisotopic (exact) mass is 279 g/mol. The average molecular weight is 279 g/mol. The molecule has 0 aromatic carbocycles. The van der Waals surface area contributed by atoms with E-state index in [1.54, 1.807) is 17.1 Å². The van der Waals surface area contributed by atoms with Crippen LogP contribution in [0.3, 0.4) is 0 Å². The Hall–Kier alpha value is -1.85. The molecule has 20 heavy (non-hydrogen) atoms. The van der Waals surface area contributed by atoms with Gasteiger partial charge in [0.25, 0.3) is 5.91 Å². The number of piperidine rings is 1. The van der Waals surface area contributed by atoms with Crippen LogP contribution in [-0.2, 0) is 11.3 Å². The highest BCUT2D eigenvalue weighted by Gasteiger charge is 2.25.